The summed E-state index contributed by atoms with van der Waals surface area (Å²) in [5.74, 6) is -0.981. The fourth-order valence-corrected chi connectivity index (χ4v) is 1.79. The zero-order valence-electron chi connectivity index (χ0n) is 7.29. The van der Waals surface area contributed by atoms with Crippen molar-refractivity contribution in [2.45, 2.75) is 25.4 Å². The summed E-state index contributed by atoms with van der Waals surface area (Å²) in [6.07, 6.45) is 1.38. The van der Waals surface area contributed by atoms with Gasteiger partial charge in [0, 0.05) is 11.3 Å². The second-order valence-electron chi connectivity index (χ2n) is 3.65. The van der Waals surface area contributed by atoms with Crippen molar-refractivity contribution in [1.82, 2.24) is 4.98 Å². The predicted octanol–water partition coefficient (Wildman–Crippen LogP) is 0.867. The van der Waals surface area contributed by atoms with Crippen LogP contribution in [0.5, 0.6) is 0 Å². The number of aromatic carboxylic acids is 1. The first-order valence-corrected chi connectivity index (χ1v) is 4.19. The number of rotatable bonds is 1. The van der Waals surface area contributed by atoms with Gasteiger partial charge in [-0.25, -0.2) is 4.79 Å². The number of aromatic nitrogens is 1. The SMILES string of the molecule is C[C@]1(O)CCc2[nH]c(C(=O)O)cc21. The van der Waals surface area contributed by atoms with Crippen LogP contribution in [0.1, 0.15) is 35.1 Å². The molecule has 13 heavy (non-hydrogen) atoms. The number of carboxylic acids is 1. The molecule has 0 amide bonds. The van der Waals surface area contributed by atoms with Crippen molar-refractivity contribution >= 4 is 5.97 Å². The van der Waals surface area contributed by atoms with Gasteiger partial charge < -0.3 is 15.2 Å². The summed E-state index contributed by atoms with van der Waals surface area (Å²) in [5.41, 5.74) is 0.872. The molecule has 70 valence electrons. The first-order chi connectivity index (χ1) is 6.00. The summed E-state index contributed by atoms with van der Waals surface area (Å²) in [4.78, 5) is 13.4. The van der Waals surface area contributed by atoms with Crippen LogP contribution < -0.4 is 0 Å². The number of H-pyrrole nitrogens is 1. The molecule has 0 saturated heterocycles. The van der Waals surface area contributed by atoms with Crippen molar-refractivity contribution < 1.29 is 15.0 Å². The lowest BCUT2D eigenvalue weighted by Gasteiger charge is -2.15. The fraction of sp³-hybridized carbons (Fsp3) is 0.444. The highest BCUT2D eigenvalue weighted by Gasteiger charge is 2.34. The van der Waals surface area contributed by atoms with Gasteiger partial charge in [-0.15, -0.1) is 0 Å². The van der Waals surface area contributed by atoms with Gasteiger partial charge >= 0.3 is 5.97 Å². The second-order valence-corrected chi connectivity index (χ2v) is 3.65. The third kappa shape index (κ3) is 1.14. The van der Waals surface area contributed by atoms with Crippen LogP contribution in [0, 0.1) is 0 Å². The van der Waals surface area contributed by atoms with Crippen molar-refractivity contribution in [3.63, 3.8) is 0 Å². The molecule has 0 bridgehead atoms. The highest BCUT2D eigenvalue weighted by molar-refractivity contribution is 5.86. The highest BCUT2D eigenvalue weighted by atomic mass is 16.4. The summed E-state index contributed by atoms with van der Waals surface area (Å²) < 4.78 is 0. The van der Waals surface area contributed by atoms with E-state index in [1.54, 1.807) is 6.92 Å². The van der Waals surface area contributed by atoms with Crippen LogP contribution in [-0.4, -0.2) is 21.2 Å². The van der Waals surface area contributed by atoms with Gasteiger partial charge in [-0.05, 0) is 25.8 Å². The Labute approximate surface area is 75.2 Å². The summed E-state index contributed by atoms with van der Waals surface area (Å²) in [6, 6.07) is 1.52. The van der Waals surface area contributed by atoms with Crippen molar-refractivity contribution in [3.05, 3.63) is 23.0 Å². The van der Waals surface area contributed by atoms with Crippen LogP contribution in [0.2, 0.25) is 0 Å². The number of fused-ring (bicyclic) bond motifs is 1. The maximum absolute atomic E-state index is 10.6. The van der Waals surface area contributed by atoms with Crippen LogP contribution in [0.4, 0.5) is 0 Å². The Morgan fingerprint density at radius 3 is 2.92 bits per heavy atom. The smallest absolute Gasteiger partial charge is 0.352 e. The molecular weight excluding hydrogens is 170 g/mol. The summed E-state index contributed by atoms with van der Waals surface area (Å²) in [5, 5.41) is 18.5. The van der Waals surface area contributed by atoms with E-state index in [1.165, 1.54) is 6.07 Å². The second kappa shape index (κ2) is 2.35. The van der Waals surface area contributed by atoms with E-state index in [1.807, 2.05) is 0 Å². The molecule has 3 N–H and O–H groups in total. The molecule has 0 spiro atoms. The lowest BCUT2D eigenvalue weighted by Crippen LogP contribution is -2.15. The molecule has 1 heterocycles. The monoisotopic (exact) mass is 181 g/mol. The normalized spacial score (nSPS) is 26.0. The molecule has 1 aromatic rings. The Morgan fingerprint density at radius 2 is 2.38 bits per heavy atom. The first kappa shape index (κ1) is 8.31. The minimum atomic E-state index is -0.981. The van der Waals surface area contributed by atoms with Gasteiger partial charge in [-0.3, -0.25) is 0 Å². The molecule has 0 radical (unpaired) electrons. The third-order valence-electron chi connectivity index (χ3n) is 2.57. The fourth-order valence-electron chi connectivity index (χ4n) is 1.79. The lowest BCUT2D eigenvalue weighted by atomic mass is 10.0. The molecule has 0 aliphatic heterocycles. The molecule has 4 nitrogen and oxygen atoms in total. The number of aryl methyl sites for hydroxylation is 1. The Hall–Kier alpha value is -1.29. The van der Waals surface area contributed by atoms with Gasteiger partial charge in [0.25, 0.3) is 0 Å². The van der Waals surface area contributed by atoms with Gasteiger partial charge in [0.1, 0.15) is 5.69 Å². The minimum absolute atomic E-state index is 0.157. The number of aromatic amines is 1. The van der Waals surface area contributed by atoms with Crippen molar-refractivity contribution in [1.29, 1.82) is 0 Å². The molecule has 2 rings (SSSR count). The van der Waals surface area contributed by atoms with E-state index >= 15 is 0 Å². The molecule has 0 unspecified atom stereocenters. The van der Waals surface area contributed by atoms with Gasteiger partial charge in [-0.1, -0.05) is 0 Å². The van der Waals surface area contributed by atoms with Crippen molar-refractivity contribution in [2.75, 3.05) is 0 Å². The number of nitrogens with one attached hydrogen (secondary N) is 1. The Morgan fingerprint density at radius 1 is 1.69 bits per heavy atom. The van der Waals surface area contributed by atoms with E-state index in [2.05, 4.69) is 4.98 Å². The highest BCUT2D eigenvalue weighted by Crippen LogP contribution is 2.36. The maximum atomic E-state index is 10.6. The van der Waals surface area contributed by atoms with Gasteiger partial charge in [0.2, 0.25) is 0 Å². The van der Waals surface area contributed by atoms with E-state index in [-0.39, 0.29) is 5.69 Å². The lowest BCUT2D eigenvalue weighted by molar-refractivity contribution is 0.0593. The van der Waals surface area contributed by atoms with Gasteiger partial charge in [0.05, 0.1) is 5.60 Å². The van der Waals surface area contributed by atoms with E-state index in [0.29, 0.717) is 6.42 Å². The Kier molecular flexibility index (Phi) is 1.51. The van der Waals surface area contributed by atoms with Gasteiger partial charge in [0.15, 0.2) is 0 Å². The molecule has 1 aliphatic rings. The van der Waals surface area contributed by atoms with E-state index < -0.39 is 11.6 Å². The third-order valence-corrected chi connectivity index (χ3v) is 2.57. The largest absolute Gasteiger partial charge is 0.477 e. The summed E-state index contributed by atoms with van der Waals surface area (Å²) in [6.45, 7) is 1.71. The number of hydrogen-bond acceptors (Lipinski definition) is 2. The van der Waals surface area contributed by atoms with E-state index in [4.69, 9.17) is 5.11 Å². The topological polar surface area (TPSA) is 73.3 Å². The van der Waals surface area contributed by atoms with Crippen molar-refractivity contribution in [3.8, 4) is 0 Å². The molecule has 0 aromatic carbocycles. The summed E-state index contributed by atoms with van der Waals surface area (Å²) in [7, 11) is 0. The molecule has 1 atom stereocenters. The molecule has 1 aliphatic carbocycles. The quantitative estimate of drug-likeness (QED) is 0.601. The number of aliphatic hydroxyl groups is 1. The predicted molar refractivity (Wildman–Crippen MR) is 45.6 cm³/mol. The maximum Gasteiger partial charge on any atom is 0.352 e. The van der Waals surface area contributed by atoms with Crippen LogP contribution >= 0.6 is 0 Å². The molecule has 0 saturated carbocycles. The van der Waals surface area contributed by atoms with E-state index in [0.717, 1.165) is 17.7 Å². The van der Waals surface area contributed by atoms with E-state index in [9.17, 15) is 9.90 Å². The zero-order chi connectivity index (χ0) is 9.64. The molecule has 0 fully saturated rings. The Bertz CT molecular complexity index is 365. The van der Waals surface area contributed by atoms with Crippen LogP contribution in [-0.2, 0) is 12.0 Å². The number of carbonyl (C=O) groups is 1. The average Bonchev–Trinajstić information content (AvgIpc) is 2.53. The molecule has 4 heteroatoms. The standard InChI is InChI=1S/C9H11NO3/c1-9(13)3-2-6-5(9)4-7(10-6)8(11)12/h4,10,13H,2-3H2,1H3,(H,11,12)/t9-/m0/s1. The number of hydrogen-bond donors (Lipinski definition) is 3. The number of carboxylic acid groups (broad SMARTS) is 1. The molecule has 1 aromatic heterocycles. The van der Waals surface area contributed by atoms with Crippen LogP contribution in [0.25, 0.3) is 0 Å². The molecular formula is C9H11NO3. The average molecular weight is 181 g/mol. The van der Waals surface area contributed by atoms with Crippen LogP contribution in [0.3, 0.4) is 0 Å². The van der Waals surface area contributed by atoms with Crippen LogP contribution in [0.15, 0.2) is 6.07 Å². The van der Waals surface area contributed by atoms with Crippen molar-refractivity contribution in [2.24, 2.45) is 0 Å². The van der Waals surface area contributed by atoms with Gasteiger partial charge in [-0.2, -0.15) is 0 Å². The first-order valence-electron chi connectivity index (χ1n) is 4.19. The Balaban J connectivity index is 2.48. The summed E-state index contributed by atoms with van der Waals surface area (Å²) >= 11 is 0. The zero-order valence-corrected chi connectivity index (χ0v) is 7.29. The minimum Gasteiger partial charge on any atom is -0.477 e.